The Balaban J connectivity index is 2.38. The second-order valence-electron chi connectivity index (χ2n) is 6.27. The Hall–Kier alpha value is -0.870. The first-order valence-electron chi connectivity index (χ1n) is 7.34. The molecule has 1 aliphatic carbocycles. The topological polar surface area (TPSA) is 46.2 Å². The highest BCUT2D eigenvalue weighted by atomic mass is 32.2. The second kappa shape index (κ2) is 5.86. The first-order valence-corrected chi connectivity index (χ1v) is 8.88. The summed E-state index contributed by atoms with van der Waals surface area (Å²) in [6.07, 6.45) is 1.91. The first kappa shape index (κ1) is 15.5. The van der Waals surface area contributed by atoms with E-state index in [0.29, 0.717) is 10.8 Å². The van der Waals surface area contributed by atoms with Crippen molar-refractivity contribution in [1.29, 1.82) is 0 Å². The molecular formula is C16H25NO2S. The molecule has 0 aromatic heterocycles. The van der Waals surface area contributed by atoms with Gasteiger partial charge in [0.15, 0.2) is 9.84 Å². The normalized spacial score (nSPS) is 31.2. The van der Waals surface area contributed by atoms with Crippen LogP contribution in [0.25, 0.3) is 0 Å². The molecule has 1 fully saturated rings. The maximum Gasteiger partial charge on any atom is 0.183 e. The molecule has 1 aromatic carbocycles. The lowest BCUT2D eigenvalue weighted by Gasteiger charge is -2.39. The molecule has 0 amide bonds. The van der Waals surface area contributed by atoms with Crippen molar-refractivity contribution in [3.05, 3.63) is 29.8 Å². The van der Waals surface area contributed by atoms with Gasteiger partial charge in [-0.25, -0.2) is 8.42 Å². The van der Waals surface area contributed by atoms with E-state index in [2.05, 4.69) is 19.2 Å². The van der Waals surface area contributed by atoms with Crippen LogP contribution in [0.15, 0.2) is 29.2 Å². The molecule has 0 radical (unpaired) electrons. The smallest absolute Gasteiger partial charge is 0.183 e. The minimum atomic E-state index is -3.28. The maximum absolute atomic E-state index is 12.9. The number of sulfone groups is 1. The van der Waals surface area contributed by atoms with E-state index in [0.717, 1.165) is 18.4 Å². The Kier molecular flexibility index (Phi) is 4.55. The van der Waals surface area contributed by atoms with E-state index in [-0.39, 0.29) is 17.2 Å². The van der Waals surface area contributed by atoms with Gasteiger partial charge < -0.3 is 5.32 Å². The molecule has 0 saturated heterocycles. The SMILES string of the molecule is CNC1CC(C)CC(C)C1S(=O)(=O)c1ccc(C)cc1. The molecule has 112 valence electrons. The fourth-order valence-corrected chi connectivity index (χ4v) is 5.75. The molecule has 20 heavy (non-hydrogen) atoms. The van der Waals surface area contributed by atoms with Crippen LogP contribution in [0.2, 0.25) is 0 Å². The van der Waals surface area contributed by atoms with Gasteiger partial charge in [-0.2, -0.15) is 0 Å². The summed E-state index contributed by atoms with van der Waals surface area (Å²) in [4.78, 5) is 0.453. The van der Waals surface area contributed by atoms with Crippen LogP contribution in [-0.2, 0) is 9.84 Å². The number of hydrogen-bond donors (Lipinski definition) is 1. The van der Waals surface area contributed by atoms with Gasteiger partial charge in [-0.3, -0.25) is 0 Å². The van der Waals surface area contributed by atoms with E-state index in [1.165, 1.54) is 0 Å². The van der Waals surface area contributed by atoms with Crippen LogP contribution in [-0.4, -0.2) is 26.8 Å². The zero-order valence-corrected chi connectivity index (χ0v) is 13.6. The predicted molar refractivity (Wildman–Crippen MR) is 82.6 cm³/mol. The standard InChI is InChI=1S/C16H25NO2S/c1-11-5-7-14(8-6-11)20(18,19)16-13(3)9-12(2)10-15(16)17-4/h5-8,12-13,15-17H,9-10H2,1-4H3. The summed E-state index contributed by atoms with van der Waals surface area (Å²) in [5, 5.41) is 2.90. The van der Waals surface area contributed by atoms with Crippen molar-refractivity contribution in [2.24, 2.45) is 11.8 Å². The van der Waals surface area contributed by atoms with Gasteiger partial charge in [0, 0.05) is 6.04 Å². The van der Waals surface area contributed by atoms with Crippen LogP contribution in [0.4, 0.5) is 0 Å². The molecule has 0 bridgehead atoms. The maximum atomic E-state index is 12.9. The summed E-state index contributed by atoms with van der Waals surface area (Å²) < 4.78 is 25.9. The molecule has 4 unspecified atom stereocenters. The van der Waals surface area contributed by atoms with E-state index < -0.39 is 9.84 Å². The van der Waals surface area contributed by atoms with Crippen LogP contribution in [0, 0.1) is 18.8 Å². The van der Waals surface area contributed by atoms with E-state index >= 15 is 0 Å². The molecule has 0 aliphatic heterocycles. The fourth-order valence-electron chi connectivity index (χ4n) is 3.52. The number of hydrogen-bond acceptors (Lipinski definition) is 3. The summed E-state index contributed by atoms with van der Waals surface area (Å²) >= 11 is 0. The average Bonchev–Trinajstić information content (AvgIpc) is 2.37. The molecule has 3 nitrogen and oxygen atoms in total. The van der Waals surface area contributed by atoms with Gasteiger partial charge in [-0.1, -0.05) is 31.5 Å². The predicted octanol–water partition coefficient (Wildman–Crippen LogP) is 2.79. The van der Waals surface area contributed by atoms with Crippen LogP contribution in [0.5, 0.6) is 0 Å². The number of benzene rings is 1. The minimum Gasteiger partial charge on any atom is -0.316 e. The van der Waals surface area contributed by atoms with Crippen LogP contribution in [0.1, 0.15) is 32.3 Å². The highest BCUT2D eigenvalue weighted by Gasteiger charge is 2.42. The third-order valence-corrected chi connectivity index (χ3v) is 6.91. The van der Waals surface area contributed by atoms with E-state index in [9.17, 15) is 8.42 Å². The summed E-state index contributed by atoms with van der Waals surface area (Å²) in [7, 11) is -1.41. The Morgan fingerprint density at radius 3 is 2.25 bits per heavy atom. The highest BCUT2D eigenvalue weighted by Crippen LogP contribution is 2.36. The van der Waals surface area contributed by atoms with E-state index in [1.807, 2.05) is 26.1 Å². The number of aryl methyl sites for hydroxylation is 1. The zero-order valence-electron chi connectivity index (χ0n) is 12.8. The Labute approximate surface area is 122 Å². The zero-order chi connectivity index (χ0) is 14.9. The van der Waals surface area contributed by atoms with Crippen molar-refractivity contribution in [3.8, 4) is 0 Å². The van der Waals surface area contributed by atoms with Crippen LogP contribution < -0.4 is 5.32 Å². The minimum absolute atomic E-state index is 0.0417. The van der Waals surface area contributed by atoms with Gasteiger partial charge >= 0.3 is 0 Å². The summed E-state index contributed by atoms with van der Waals surface area (Å²) in [5.41, 5.74) is 1.08. The summed E-state index contributed by atoms with van der Waals surface area (Å²) in [6, 6.07) is 7.26. The third-order valence-electron chi connectivity index (χ3n) is 4.47. The van der Waals surface area contributed by atoms with E-state index in [4.69, 9.17) is 0 Å². The average molecular weight is 295 g/mol. The summed E-state index contributed by atoms with van der Waals surface area (Å²) in [6.45, 7) is 6.24. The molecule has 0 spiro atoms. The van der Waals surface area contributed by atoms with Crippen molar-refractivity contribution >= 4 is 9.84 Å². The molecule has 1 saturated carbocycles. The van der Waals surface area contributed by atoms with Gasteiger partial charge in [0.2, 0.25) is 0 Å². The Morgan fingerprint density at radius 1 is 1.10 bits per heavy atom. The van der Waals surface area contributed by atoms with Gasteiger partial charge in [-0.15, -0.1) is 0 Å². The lowest BCUT2D eigenvalue weighted by atomic mass is 9.80. The molecule has 2 rings (SSSR count). The van der Waals surface area contributed by atoms with Crippen molar-refractivity contribution in [2.75, 3.05) is 7.05 Å². The molecular weight excluding hydrogens is 270 g/mol. The lowest BCUT2D eigenvalue weighted by Crippen LogP contribution is -2.50. The quantitative estimate of drug-likeness (QED) is 0.932. The van der Waals surface area contributed by atoms with Crippen LogP contribution >= 0.6 is 0 Å². The van der Waals surface area contributed by atoms with Crippen molar-refractivity contribution in [2.45, 2.75) is 49.8 Å². The molecule has 1 aliphatic rings. The fraction of sp³-hybridized carbons (Fsp3) is 0.625. The van der Waals surface area contributed by atoms with Gasteiger partial charge in [-0.05, 0) is 50.8 Å². The second-order valence-corrected chi connectivity index (χ2v) is 8.38. The monoisotopic (exact) mass is 295 g/mol. The molecule has 4 atom stereocenters. The lowest BCUT2D eigenvalue weighted by molar-refractivity contribution is 0.249. The number of rotatable bonds is 3. The third kappa shape index (κ3) is 2.91. The van der Waals surface area contributed by atoms with Crippen molar-refractivity contribution < 1.29 is 8.42 Å². The highest BCUT2D eigenvalue weighted by molar-refractivity contribution is 7.92. The van der Waals surface area contributed by atoms with Crippen LogP contribution in [0.3, 0.4) is 0 Å². The van der Waals surface area contributed by atoms with Gasteiger partial charge in [0.25, 0.3) is 0 Å². The van der Waals surface area contributed by atoms with Gasteiger partial charge in [0.1, 0.15) is 0 Å². The first-order chi connectivity index (χ1) is 9.36. The number of nitrogens with one attached hydrogen (secondary N) is 1. The molecule has 0 heterocycles. The van der Waals surface area contributed by atoms with E-state index in [1.54, 1.807) is 12.1 Å². The molecule has 1 aromatic rings. The molecule has 4 heteroatoms. The molecule has 1 N–H and O–H groups in total. The largest absolute Gasteiger partial charge is 0.316 e. The van der Waals surface area contributed by atoms with Crippen molar-refractivity contribution in [3.63, 3.8) is 0 Å². The van der Waals surface area contributed by atoms with Gasteiger partial charge in [0.05, 0.1) is 10.1 Å². The Morgan fingerprint density at radius 2 is 1.70 bits per heavy atom. The summed E-state index contributed by atoms with van der Waals surface area (Å²) in [5.74, 6) is 0.759. The Bertz CT molecular complexity index is 550. The van der Waals surface area contributed by atoms with Crippen molar-refractivity contribution in [1.82, 2.24) is 5.32 Å².